The number of aromatic nitrogens is 2. The van der Waals surface area contributed by atoms with Gasteiger partial charge in [-0.3, -0.25) is 0 Å². The first-order valence-corrected chi connectivity index (χ1v) is 9.27. The molecule has 0 amide bonds. The SMILES string of the molecule is CCCNc1nc(NCc2cc(Br)cs2)c2ccsc2n1. The third kappa shape index (κ3) is 3.53. The van der Waals surface area contributed by atoms with Crippen molar-refractivity contribution in [1.29, 1.82) is 0 Å². The third-order valence-electron chi connectivity index (χ3n) is 2.91. The maximum Gasteiger partial charge on any atom is 0.226 e. The van der Waals surface area contributed by atoms with E-state index in [0.717, 1.165) is 40.0 Å². The summed E-state index contributed by atoms with van der Waals surface area (Å²) in [6.45, 7) is 3.78. The highest BCUT2D eigenvalue weighted by Crippen LogP contribution is 2.27. The monoisotopic (exact) mass is 382 g/mol. The number of rotatable bonds is 6. The van der Waals surface area contributed by atoms with Crippen LogP contribution in [-0.4, -0.2) is 16.5 Å². The van der Waals surface area contributed by atoms with Crippen LogP contribution in [0.3, 0.4) is 0 Å². The molecule has 0 radical (unpaired) electrons. The topological polar surface area (TPSA) is 49.8 Å². The van der Waals surface area contributed by atoms with E-state index in [1.165, 1.54) is 4.88 Å². The first-order valence-electron chi connectivity index (χ1n) is 6.72. The van der Waals surface area contributed by atoms with Gasteiger partial charge in [0.25, 0.3) is 0 Å². The molecule has 0 atom stereocenters. The largest absolute Gasteiger partial charge is 0.364 e. The van der Waals surface area contributed by atoms with Gasteiger partial charge in [0.2, 0.25) is 5.95 Å². The summed E-state index contributed by atoms with van der Waals surface area (Å²) in [5.74, 6) is 1.59. The van der Waals surface area contributed by atoms with Crippen LogP contribution in [0.1, 0.15) is 18.2 Å². The zero-order valence-corrected chi connectivity index (χ0v) is 14.7. The maximum atomic E-state index is 4.60. The van der Waals surface area contributed by atoms with Gasteiger partial charge in [-0.25, -0.2) is 4.98 Å². The summed E-state index contributed by atoms with van der Waals surface area (Å²) in [7, 11) is 0. The lowest BCUT2D eigenvalue weighted by Crippen LogP contribution is -2.07. The molecule has 0 unspecified atom stereocenters. The summed E-state index contributed by atoms with van der Waals surface area (Å²) < 4.78 is 1.12. The minimum absolute atomic E-state index is 0.696. The van der Waals surface area contributed by atoms with E-state index >= 15 is 0 Å². The molecule has 0 aliphatic carbocycles. The lowest BCUT2D eigenvalue weighted by Gasteiger charge is -2.09. The molecule has 0 fully saturated rings. The van der Waals surface area contributed by atoms with Crippen molar-refractivity contribution in [2.45, 2.75) is 19.9 Å². The average molecular weight is 383 g/mol. The van der Waals surface area contributed by atoms with Gasteiger partial charge < -0.3 is 10.6 Å². The van der Waals surface area contributed by atoms with Crippen LogP contribution < -0.4 is 10.6 Å². The molecular formula is C14H15BrN4S2. The molecule has 0 saturated carbocycles. The minimum Gasteiger partial charge on any atom is -0.364 e. The minimum atomic E-state index is 0.696. The van der Waals surface area contributed by atoms with Crippen LogP contribution in [0.25, 0.3) is 10.2 Å². The van der Waals surface area contributed by atoms with Gasteiger partial charge in [0, 0.05) is 21.3 Å². The molecule has 0 bridgehead atoms. The Morgan fingerprint density at radius 3 is 2.90 bits per heavy atom. The van der Waals surface area contributed by atoms with Crippen molar-refractivity contribution in [3.63, 3.8) is 0 Å². The Labute approximate surface area is 139 Å². The van der Waals surface area contributed by atoms with Gasteiger partial charge in [-0.05, 0) is 39.9 Å². The predicted molar refractivity (Wildman–Crippen MR) is 95.5 cm³/mol. The normalized spacial score (nSPS) is 11.0. The number of hydrogen-bond acceptors (Lipinski definition) is 6. The number of fused-ring (bicyclic) bond motifs is 1. The summed E-state index contributed by atoms with van der Waals surface area (Å²) in [6, 6.07) is 4.19. The fourth-order valence-corrected chi connectivity index (χ4v) is 4.08. The van der Waals surface area contributed by atoms with Crippen LogP contribution >= 0.6 is 38.6 Å². The molecule has 4 nitrogen and oxygen atoms in total. The van der Waals surface area contributed by atoms with Gasteiger partial charge in [0.15, 0.2) is 0 Å². The lowest BCUT2D eigenvalue weighted by atomic mass is 10.3. The van der Waals surface area contributed by atoms with Crippen molar-refractivity contribution in [2.24, 2.45) is 0 Å². The number of thiophene rings is 2. The molecule has 0 aliphatic heterocycles. The fourth-order valence-electron chi connectivity index (χ4n) is 1.92. The van der Waals surface area contributed by atoms with E-state index in [0.29, 0.717) is 5.95 Å². The lowest BCUT2D eigenvalue weighted by molar-refractivity contribution is 0.956. The molecule has 110 valence electrons. The van der Waals surface area contributed by atoms with Gasteiger partial charge >= 0.3 is 0 Å². The van der Waals surface area contributed by atoms with Crippen LogP contribution in [0.15, 0.2) is 27.4 Å². The van der Waals surface area contributed by atoms with Gasteiger partial charge in [-0.1, -0.05) is 6.92 Å². The first kappa shape index (κ1) is 14.7. The second-order valence-electron chi connectivity index (χ2n) is 4.55. The molecule has 0 saturated heterocycles. The number of nitrogens with zero attached hydrogens (tertiary/aromatic N) is 2. The molecule has 3 aromatic rings. The van der Waals surface area contributed by atoms with E-state index in [4.69, 9.17) is 0 Å². The molecule has 0 spiro atoms. The van der Waals surface area contributed by atoms with E-state index < -0.39 is 0 Å². The molecule has 2 N–H and O–H groups in total. The van der Waals surface area contributed by atoms with E-state index in [2.05, 4.69) is 66.3 Å². The van der Waals surface area contributed by atoms with E-state index in [9.17, 15) is 0 Å². The quantitative estimate of drug-likeness (QED) is 0.633. The maximum absolute atomic E-state index is 4.60. The number of nitrogens with one attached hydrogen (secondary N) is 2. The third-order valence-corrected chi connectivity index (χ3v) is 5.41. The molecule has 0 aromatic carbocycles. The zero-order chi connectivity index (χ0) is 14.7. The van der Waals surface area contributed by atoms with Crippen LogP contribution in [0.5, 0.6) is 0 Å². The van der Waals surface area contributed by atoms with Crippen LogP contribution in [0.2, 0.25) is 0 Å². The highest BCUT2D eigenvalue weighted by Gasteiger charge is 2.09. The summed E-state index contributed by atoms with van der Waals surface area (Å²) >= 11 is 6.85. The Morgan fingerprint density at radius 1 is 1.24 bits per heavy atom. The van der Waals surface area contributed by atoms with Gasteiger partial charge in [0.1, 0.15) is 10.6 Å². The van der Waals surface area contributed by atoms with Crippen LogP contribution in [0, 0.1) is 0 Å². The second-order valence-corrected chi connectivity index (χ2v) is 7.35. The molecule has 3 heterocycles. The Hall–Kier alpha value is -1.18. The van der Waals surface area contributed by atoms with E-state index in [-0.39, 0.29) is 0 Å². The van der Waals surface area contributed by atoms with E-state index in [1.54, 1.807) is 22.7 Å². The van der Waals surface area contributed by atoms with Crippen LogP contribution in [-0.2, 0) is 6.54 Å². The zero-order valence-electron chi connectivity index (χ0n) is 11.5. The predicted octanol–water partition coefficient (Wildman–Crippen LogP) is 4.95. The van der Waals surface area contributed by atoms with Crippen molar-refractivity contribution in [3.05, 3.63) is 32.2 Å². The van der Waals surface area contributed by atoms with Gasteiger partial charge in [-0.15, -0.1) is 22.7 Å². The van der Waals surface area contributed by atoms with Gasteiger partial charge in [-0.2, -0.15) is 4.98 Å². The molecule has 21 heavy (non-hydrogen) atoms. The van der Waals surface area contributed by atoms with E-state index in [1.807, 2.05) is 0 Å². The first-order chi connectivity index (χ1) is 10.3. The molecule has 7 heteroatoms. The van der Waals surface area contributed by atoms with Crippen molar-refractivity contribution < 1.29 is 0 Å². The smallest absolute Gasteiger partial charge is 0.226 e. The Morgan fingerprint density at radius 2 is 2.14 bits per heavy atom. The highest BCUT2D eigenvalue weighted by molar-refractivity contribution is 9.10. The van der Waals surface area contributed by atoms with Gasteiger partial charge in [0.05, 0.1) is 11.9 Å². The van der Waals surface area contributed by atoms with Crippen molar-refractivity contribution in [1.82, 2.24) is 9.97 Å². The fraction of sp³-hybridized carbons (Fsp3) is 0.286. The standard InChI is InChI=1S/C14H15BrN4S2/c1-2-4-16-14-18-12(11-3-5-20-13(11)19-14)17-7-10-6-9(15)8-21-10/h3,5-6,8H,2,4,7H2,1H3,(H2,16,17,18,19). The summed E-state index contributed by atoms with van der Waals surface area (Å²) in [5, 5.41) is 11.9. The summed E-state index contributed by atoms with van der Waals surface area (Å²) in [4.78, 5) is 11.4. The van der Waals surface area contributed by atoms with Crippen molar-refractivity contribution in [3.8, 4) is 0 Å². The van der Waals surface area contributed by atoms with Crippen molar-refractivity contribution >= 4 is 60.6 Å². The molecule has 3 rings (SSSR count). The molecule has 0 aliphatic rings. The Bertz CT molecular complexity index is 737. The Kier molecular flexibility index (Phi) is 4.72. The highest BCUT2D eigenvalue weighted by atomic mass is 79.9. The number of hydrogen-bond donors (Lipinski definition) is 2. The average Bonchev–Trinajstić information content (AvgIpc) is 3.11. The summed E-state index contributed by atoms with van der Waals surface area (Å²) in [5.41, 5.74) is 0. The molecule has 3 aromatic heterocycles. The summed E-state index contributed by atoms with van der Waals surface area (Å²) in [6.07, 6.45) is 1.05. The number of halogens is 1. The van der Waals surface area contributed by atoms with Crippen molar-refractivity contribution in [2.75, 3.05) is 17.2 Å². The molecular weight excluding hydrogens is 368 g/mol. The Balaban J connectivity index is 1.83. The second kappa shape index (κ2) is 6.72. The number of anilines is 2. The van der Waals surface area contributed by atoms with Crippen LogP contribution in [0.4, 0.5) is 11.8 Å².